The number of para-hydroxylation sites is 1. The van der Waals surface area contributed by atoms with Crippen LogP contribution in [0.5, 0.6) is 0 Å². The molecule has 132 valence electrons. The summed E-state index contributed by atoms with van der Waals surface area (Å²) in [6.45, 7) is 1.19. The molecular formula is C21H20N2O2S. The first kappa shape index (κ1) is 16.8. The summed E-state index contributed by atoms with van der Waals surface area (Å²) >= 11 is 1.52. The Morgan fingerprint density at radius 3 is 2.62 bits per heavy atom. The van der Waals surface area contributed by atoms with Gasteiger partial charge in [0.2, 0.25) is 5.91 Å². The fourth-order valence-electron chi connectivity index (χ4n) is 3.38. The molecule has 0 spiro atoms. The molecular weight excluding hydrogens is 344 g/mol. The van der Waals surface area contributed by atoms with Gasteiger partial charge in [-0.15, -0.1) is 11.3 Å². The highest BCUT2D eigenvalue weighted by molar-refractivity contribution is 7.20. The SMILES string of the molecule is O=C(Nc1ccccc1)C1CCCN(C(=O)c2cc3ccccc3s2)C1. The maximum Gasteiger partial charge on any atom is 0.263 e. The fraction of sp³-hybridized carbons (Fsp3) is 0.238. The average molecular weight is 364 g/mol. The van der Waals surface area contributed by atoms with E-state index in [0.717, 1.165) is 33.5 Å². The molecule has 1 aliphatic rings. The first-order valence-corrected chi connectivity index (χ1v) is 9.66. The molecule has 26 heavy (non-hydrogen) atoms. The zero-order valence-electron chi connectivity index (χ0n) is 14.4. The van der Waals surface area contributed by atoms with Crippen molar-refractivity contribution in [2.75, 3.05) is 18.4 Å². The van der Waals surface area contributed by atoms with Crippen molar-refractivity contribution in [3.05, 3.63) is 65.5 Å². The van der Waals surface area contributed by atoms with Gasteiger partial charge < -0.3 is 10.2 Å². The van der Waals surface area contributed by atoms with Gasteiger partial charge in [-0.25, -0.2) is 0 Å². The molecule has 1 fully saturated rings. The highest BCUT2D eigenvalue weighted by atomic mass is 32.1. The van der Waals surface area contributed by atoms with Crippen LogP contribution < -0.4 is 5.32 Å². The molecule has 0 aliphatic carbocycles. The number of carbonyl (C=O) groups is 2. The second-order valence-corrected chi connectivity index (χ2v) is 7.68. The number of amides is 2. The van der Waals surface area contributed by atoms with Crippen LogP contribution >= 0.6 is 11.3 Å². The number of fused-ring (bicyclic) bond motifs is 1. The maximum absolute atomic E-state index is 12.9. The molecule has 1 saturated heterocycles. The van der Waals surface area contributed by atoms with E-state index in [4.69, 9.17) is 0 Å². The van der Waals surface area contributed by atoms with Crippen LogP contribution in [-0.4, -0.2) is 29.8 Å². The predicted molar refractivity (Wildman–Crippen MR) is 106 cm³/mol. The number of likely N-dealkylation sites (tertiary alicyclic amines) is 1. The number of hydrogen-bond acceptors (Lipinski definition) is 3. The lowest BCUT2D eigenvalue weighted by molar-refractivity contribution is -0.121. The van der Waals surface area contributed by atoms with Gasteiger partial charge in [-0.05, 0) is 42.5 Å². The second kappa shape index (κ2) is 7.30. The molecule has 4 rings (SSSR count). The number of carbonyl (C=O) groups excluding carboxylic acids is 2. The molecule has 2 aromatic carbocycles. The normalized spacial score (nSPS) is 17.2. The summed E-state index contributed by atoms with van der Waals surface area (Å²) in [5.74, 6) is -0.143. The van der Waals surface area contributed by atoms with Crippen molar-refractivity contribution in [3.63, 3.8) is 0 Å². The number of rotatable bonds is 3. The monoisotopic (exact) mass is 364 g/mol. The van der Waals surface area contributed by atoms with Gasteiger partial charge in [0.05, 0.1) is 10.8 Å². The van der Waals surface area contributed by atoms with Crippen LogP contribution in [0.3, 0.4) is 0 Å². The van der Waals surface area contributed by atoms with E-state index < -0.39 is 0 Å². The number of hydrogen-bond donors (Lipinski definition) is 1. The molecule has 4 nitrogen and oxygen atoms in total. The van der Waals surface area contributed by atoms with Crippen molar-refractivity contribution >= 4 is 38.9 Å². The Balaban J connectivity index is 1.45. The molecule has 1 N–H and O–H groups in total. The first-order chi connectivity index (χ1) is 12.7. The number of nitrogens with zero attached hydrogens (tertiary/aromatic N) is 1. The number of anilines is 1. The molecule has 5 heteroatoms. The Labute approximate surface area is 156 Å². The van der Waals surface area contributed by atoms with Gasteiger partial charge >= 0.3 is 0 Å². The van der Waals surface area contributed by atoms with Crippen LogP contribution in [0.4, 0.5) is 5.69 Å². The minimum Gasteiger partial charge on any atom is -0.337 e. The van der Waals surface area contributed by atoms with E-state index >= 15 is 0 Å². The van der Waals surface area contributed by atoms with Gasteiger partial charge in [-0.1, -0.05) is 36.4 Å². The summed E-state index contributed by atoms with van der Waals surface area (Å²) in [7, 11) is 0. The Bertz CT molecular complexity index is 902. The van der Waals surface area contributed by atoms with Crippen molar-refractivity contribution in [1.29, 1.82) is 0 Å². The van der Waals surface area contributed by atoms with E-state index in [9.17, 15) is 9.59 Å². The van der Waals surface area contributed by atoms with Crippen molar-refractivity contribution in [1.82, 2.24) is 4.90 Å². The molecule has 0 radical (unpaired) electrons. The second-order valence-electron chi connectivity index (χ2n) is 6.59. The Morgan fingerprint density at radius 2 is 1.81 bits per heavy atom. The molecule has 0 bridgehead atoms. The van der Waals surface area contributed by atoms with E-state index in [2.05, 4.69) is 5.32 Å². The maximum atomic E-state index is 12.9. The van der Waals surface area contributed by atoms with Crippen molar-refractivity contribution in [2.24, 2.45) is 5.92 Å². The van der Waals surface area contributed by atoms with Gasteiger partial charge in [0, 0.05) is 23.5 Å². The van der Waals surface area contributed by atoms with Gasteiger partial charge in [0.25, 0.3) is 5.91 Å². The van der Waals surface area contributed by atoms with E-state index in [-0.39, 0.29) is 17.7 Å². The van der Waals surface area contributed by atoms with Crippen LogP contribution in [0.15, 0.2) is 60.7 Å². The third-order valence-electron chi connectivity index (χ3n) is 4.76. The largest absolute Gasteiger partial charge is 0.337 e. The van der Waals surface area contributed by atoms with Gasteiger partial charge in [-0.3, -0.25) is 9.59 Å². The summed E-state index contributed by atoms with van der Waals surface area (Å²) in [4.78, 5) is 28.0. The molecule has 0 saturated carbocycles. The lowest BCUT2D eigenvalue weighted by Crippen LogP contribution is -2.43. The topological polar surface area (TPSA) is 49.4 Å². The minimum atomic E-state index is -0.165. The number of thiophene rings is 1. The molecule has 1 atom stereocenters. The highest BCUT2D eigenvalue weighted by Gasteiger charge is 2.29. The van der Waals surface area contributed by atoms with E-state index in [1.54, 1.807) is 0 Å². The molecule has 1 unspecified atom stereocenters. The zero-order chi connectivity index (χ0) is 17.9. The summed E-state index contributed by atoms with van der Waals surface area (Å²) < 4.78 is 1.12. The fourth-order valence-corrected chi connectivity index (χ4v) is 4.42. The van der Waals surface area contributed by atoms with Crippen molar-refractivity contribution in [2.45, 2.75) is 12.8 Å². The van der Waals surface area contributed by atoms with E-state index in [1.165, 1.54) is 11.3 Å². The minimum absolute atomic E-state index is 0.00922. The van der Waals surface area contributed by atoms with Crippen molar-refractivity contribution < 1.29 is 9.59 Å². The number of nitrogens with one attached hydrogen (secondary N) is 1. The molecule has 3 aromatic rings. The summed E-state index contributed by atoms with van der Waals surface area (Å²) in [6, 6.07) is 19.4. The lowest BCUT2D eigenvalue weighted by atomic mass is 9.97. The van der Waals surface area contributed by atoms with Gasteiger partial charge in [0.15, 0.2) is 0 Å². The third-order valence-corrected chi connectivity index (χ3v) is 5.86. The summed E-state index contributed by atoms with van der Waals surface area (Å²) in [6.07, 6.45) is 1.67. The standard InChI is InChI=1S/C21H20N2O2S/c24-20(22-17-9-2-1-3-10-17)16-8-6-12-23(14-16)21(25)19-13-15-7-4-5-11-18(15)26-19/h1-5,7,9-11,13,16H,6,8,12,14H2,(H,22,24). The molecule has 2 heterocycles. The average Bonchev–Trinajstić information content (AvgIpc) is 3.12. The first-order valence-electron chi connectivity index (χ1n) is 8.84. The quantitative estimate of drug-likeness (QED) is 0.749. The summed E-state index contributed by atoms with van der Waals surface area (Å²) in [5, 5.41) is 4.05. The molecule has 1 aromatic heterocycles. The summed E-state index contributed by atoms with van der Waals surface area (Å²) in [5.41, 5.74) is 0.797. The van der Waals surface area contributed by atoms with Crippen LogP contribution in [0.2, 0.25) is 0 Å². The number of benzene rings is 2. The van der Waals surface area contributed by atoms with Gasteiger partial charge in [0.1, 0.15) is 0 Å². The third kappa shape index (κ3) is 3.48. The lowest BCUT2D eigenvalue weighted by Gasteiger charge is -2.31. The smallest absolute Gasteiger partial charge is 0.263 e. The Hall–Kier alpha value is -2.66. The molecule has 2 amide bonds. The number of piperidine rings is 1. The van der Waals surface area contributed by atoms with Crippen LogP contribution in [0.25, 0.3) is 10.1 Å². The van der Waals surface area contributed by atoms with Crippen LogP contribution in [0.1, 0.15) is 22.5 Å². The van der Waals surface area contributed by atoms with E-state index in [0.29, 0.717) is 13.1 Å². The molecule has 1 aliphatic heterocycles. The highest BCUT2D eigenvalue weighted by Crippen LogP contribution is 2.28. The Kier molecular flexibility index (Phi) is 4.71. The zero-order valence-corrected chi connectivity index (χ0v) is 15.2. The Morgan fingerprint density at radius 1 is 1.04 bits per heavy atom. The van der Waals surface area contributed by atoms with E-state index in [1.807, 2.05) is 65.6 Å². The van der Waals surface area contributed by atoms with Crippen LogP contribution in [0, 0.1) is 5.92 Å². The predicted octanol–water partition coefficient (Wildman–Crippen LogP) is 4.39. The van der Waals surface area contributed by atoms with Crippen molar-refractivity contribution in [3.8, 4) is 0 Å². The van der Waals surface area contributed by atoms with Crippen LogP contribution in [-0.2, 0) is 4.79 Å². The van der Waals surface area contributed by atoms with Gasteiger partial charge in [-0.2, -0.15) is 0 Å².